The standard InChI is InChI=1S/C14H19N3O2S2/c15-13(18)9-21-12-6-2-1-5-11(12)17-14(20)16-8-10-4-3-7-19-10/h1-2,5-6,10H,3-4,7-9H2,(H2,15,18)(H2,16,17,20)/t10-/m0/s1. The predicted molar refractivity (Wildman–Crippen MR) is 89.6 cm³/mol. The molecule has 1 aromatic carbocycles. The van der Waals surface area contributed by atoms with Crippen LogP contribution in [-0.2, 0) is 9.53 Å². The van der Waals surface area contributed by atoms with Crippen LogP contribution < -0.4 is 16.4 Å². The van der Waals surface area contributed by atoms with Crippen LogP contribution in [0.3, 0.4) is 0 Å². The second kappa shape index (κ2) is 8.21. The van der Waals surface area contributed by atoms with Gasteiger partial charge in [-0.25, -0.2) is 0 Å². The highest BCUT2D eigenvalue weighted by Gasteiger charge is 2.15. The van der Waals surface area contributed by atoms with E-state index < -0.39 is 0 Å². The van der Waals surface area contributed by atoms with Gasteiger partial charge in [-0.3, -0.25) is 4.79 Å². The molecule has 2 rings (SSSR count). The molecule has 0 saturated carbocycles. The van der Waals surface area contributed by atoms with Crippen LogP contribution in [0.25, 0.3) is 0 Å². The SMILES string of the molecule is NC(=O)CSc1ccccc1NC(=S)NC[C@@H]1CCCO1. The summed E-state index contributed by atoms with van der Waals surface area (Å²) in [4.78, 5) is 11.8. The Morgan fingerprint density at radius 2 is 2.29 bits per heavy atom. The largest absolute Gasteiger partial charge is 0.376 e. The number of ether oxygens (including phenoxy) is 1. The Bertz CT molecular complexity index is 505. The van der Waals surface area contributed by atoms with E-state index in [1.165, 1.54) is 11.8 Å². The van der Waals surface area contributed by atoms with E-state index >= 15 is 0 Å². The minimum atomic E-state index is -0.339. The molecule has 0 bridgehead atoms. The summed E-state index contributed by atoms with van der Waals surface area (Å²) in [5.74, 6) is -0.0942. The van der Waals surface area contributed by atoms with Gasteiger partial charge in [0.2, 0.25) is 5.91 Å². The van der Waals surface area contributed by atoms with Gasteiger partial charge in [0.1, 0.15) is 0 Å². The Morgan fingerprint density at radius 3 is 3.00 bits per heavy atom. The highest BCUT2D eigenvalue weighted by molar-refractivity contribution is 8.00. The Balaban J connectivity index is 1.85. The molecule has 5 nitrogen and oxygen atoms in total. The number of benzene rings is 1. The number of para-hydroxylation sites is 1. The average molecular weight is 325 g/mol. The molecule has 114 valence electrons. The number of hydrogen-bond donors (Lipinski definition) is 3. The first kappa shape index (κ1) is 16.1. The van der Waals surface area contributed by atoms with Crippen molar-refractivity contribution in [2.75, 3.05) is 24.2 Å². The monoisotopic (exact) mass is 325 g/mol. The molecule has 0 aromatic heterocycles. The van der Waals surface area contributed by atoms with Crippen molar-refractivity contribution in [1.82, 2.24) is 5.32 Å². The van der Waals surface area contributed by atoms with Crippen molar-refractivity contribution in [3.8, 4) is 0 Å². The van der Waals surface area contributed by atoms with E-state index in [1.54, 1.807) is 0 Å². The van der Waals surface area contributed by atoms with E-state index in [9.17, 15) is 4.79 Å². The molecule has 1 aliphatic rings. The third-order valence-electron chi connectivity index (χ3n) is 3.02. The number of nitrogens with two attached hydrogens (primary N) is 1. The van der Waals surface area contributed by atoms with Gasteiger partial charge in [0, 0.05) is 18.0 Å². The van der Waals surface area contributed by atoms with E-state index in [1.807, 2.05) is 24.3 Å². The first-order valence-corrected chi connectivity index (χ1v) is 8.21. The Labute approximate surface area is 134 Å². The van der Waals surface area contributed by atoms with Crippen LogP contribution in [0.2, 0.25) is 0 Å². The molecule has 1 saturated heterocycles. The summed E-state index contributed by atoms with van der Waals surface area (Å²) in [5.41, 5.74) is 6.05. The summed E-state index contributed by atoms with van der Waals surface area (Å²) >= 11 is 6.68. The maximum atomic E-state index is 10.9. The summed E-state index contributed by atoms with van der Waals surface area (Å²) in [5, 5.41) is 6.86. The smallest absolute Gasteiger partial charge is 0.227 e. The zero-order valence-corrected chi connectivity index (χ0v) is 13.3. The lowest BCUT2D eigenvalue weighted by atomic mass is 10.2. The summed E-state index contributed by atoms with van der Waals surface area (Å²) in [6.45, 7) is 1.54. The number of nitrogens with one attached hydrogen (secondary N) is 2. The van der Waals surface area contributed by atoms with Gasteiger partial charge in [-0.1, -0.05) is 12.1 Å². The minimum absolute atomic E-state index is 0.240. The molecule has 1 atom stereocenters. The van der Waals surface area contributed by atoms with E-state index in [4.69, 9.17) is 22.7 Å². The molecular formula is C14H19N3O2S2. The number of primary amides is 1. The third-order valence-corrected chi connectivity index (χ3v) is 4.36. The van der Waals surface area contributed by atoms with Crippen molar-refractivity contribution in [1.29, 1.82) is 0 Å². The minimum Gasteiger partial charge on any atom is -0.376 e. The topological polar surface area (TPSA) is 76.4 Å². The second-order valence-electron chi connectivity index (χ2n) is 4.72. The lowest BCUT2D eigenvalue weighted by Crippen LogP contribution is -2.34. The van der Waals surface area contributed by atoms with Gasteiger partial charge in [-0.2, -0.15) is 0 Å². The van der Waals surface area contributed by atoms with Crippen LogP contribution in [0, 0.1) is 0 Å². The van der Waals surface area contributed by atoms with Gasteiger partial charge in [0.15, 0.2) is 5.11 Å². The molecule has 7 heteroatoms. The van der Waals surface area contributed by atoms with E-state index in [-0.39, 0.29) is 17.8 Å². The predicted octanol–water partition coefficient (Wildman–Crippen LogP) is 1.73. The van der Waals surface area contributed by atoms with Crippen molar-refractivity contribution < 1.29 is 9.53 Å². The van der Waals surface area contributed by atoms with Gasteiger partial charge >= 0.3 is 0 Å². The normalized spacial score (nSPS) is 17.4. The Kier molecular flexibility index (Phi) is 6.28. The zero-order chi connectivity index (χ0) is 15.1. The van der Waals surface area contributed by atoms with Crippen molar-refractivity contribution in [3.63, 3.8) is 0 Å². The molecule has 0 unspecified atom stereocenters. The Morgan fingerprint density at radius 1 is 1.48 bits per heavy atom. The molecule has 1 aliphatic heterocycles. The van der Waals surface area contributed by atoms with Gasteiger partial charge in [-0.05, 0) is 37.2 Å². The first-order valence-electron chi connectivity index (χ1n) is 6.82. The number of carbonyl (C=O) groups excluding carboxylic acids is 1. The number of hydrogen-bond acceptors (Lipinski definition) is 4. The van der Waals surface area contributed by atoms with Crippen LogP contribution in [0.15, 0.2) is 29.2 Å². The molecule has 1 heterocycles. The summed E-state index contributed by atoms with van der Waals surface area (Å²) in [6, 6.07) is 7.68. The number of rotatable bonds is 6. The van der Waals surface area contributed by atoms with Crippen LogP contribution in [0.5, 0.6) is 0 Å². The van der Waals surface area contributed by atoms with E-state index in [0.29, 0.717) is 11.7 Å². The Hall–Kier alpha value is -1.31. The van der Waals surface area contributed by atoms with Crippen molar-refractivity contribution in [2.24, 2.45) is 5.73 Å². The van der Waals surface area contributed by atoms with Crippen molar-refractivity contribution in [3.05, 3.63) is 24.3 Å². The average Bonchev–Trinajstić information content (AvgIpc) is 2.97. The fourth-order valence-corrected chi connectivity index (χ4v) is 2.96. The summed E-state index contributed by atoms with van der Waals surface area (Å²) in [7, 11) is 0. The molecule has 0 aliphatic carbocycles. The van der Waals surface area contributed by atoms with Gasteiger partial charge < -0.3 is 21.1 Å². The lowest BCUT2D eigenvalue weighted by Gasteiger charge is -2.15. The van der Waals surface area contributed by atoms with Gasteiger partial charge in [0.25, 0.3) is 0 Å². The molecular weight excluding hydrogens is 306 g/mol. The summed E-state index contributed by atoms with van der Waals surface area (Å²) in [6.07, 6.45) is 2.42. The quantitative estimate of drug-likeness (QED) is 0.546. The summed E-state index contributed by atoms with van der Waals surface area (Å²) < 4.78 is 5.54. The van der Waals surface area contributed by atoms with Crippen molar-refractivity contribution in [2.45, 2.75) is 23.8 Å². The van der Waals surface area contributed by atoms with Gasteiger partial charge in [-0.15, -0.1) is 11.8 Å². The highest BCUT2D eigenvalue weighted by Crippen LogP contribution is 2.26. The maximum absolute atomic E-state index is 10.9. The third kappa shape index (κ3) is 5.53. The first-order chi connectivity index (χ1) is 10.1. The fraction of sp³-hybridized carbons (Fsp3) is 0.429. The van der Waals surface area contributed by atoms with Crippen LogP contribution in [-0.4, -0.2) is 36.0 Å². The molecule has 0 radical (unpaired) electrons. The molecule has 21 heavy (non-hydrogen) atoms. The van der Waals surface area contributed by atoms with Crippen LogP contribution in [0.4, 0.5) is 5.69 Å². The molecule has 0 spiro atoms. The van der Waals surface area contributed by atoms with E-state index in [0.717, 1.165) is 30.0 Å². The number of carbonyl (C=O) groups is 1. The molecule has 4 N–H and O–H groups in total. The van der Waals surface area contributed by atoms with E-state index in [2.05, 4.69) is 10.6 Å². The molecule has 1 aromatic rings. The number of thioether (sulfide) groups is 1. The number of amides is 1. The van der Waals surface area contributed by atoms with Crippen molar-refractivity contribution >= 4 is 40.7 Å². The second-order valence-corrected chi connectivity index (χ2v) is 6.15. The zero-order valence-electron chi connectivity index (χ0n) is 11.6. The highest BCUT2D eigenvalue weighted by atomic mass is 32.2. The lowest BCUT2D eigenvalue weighted by molar-refractivity contribution is -0.115. The maximum Gasteiger partial charge on any atom is 0.227 e. The molecule has 1 fully saturated rings. The number of anilines is 1. The fourth-order valence-electron chi connectivity index (χ4n) is 2.02. The number of thiocarbonyl (C=S) groups is 1. The molecule has 1 amide bonds. The van der Waals surface area contributed by atoms with Gasteiger partial charge in [0.05, 0.1) is 17.5 Å². The van der Waals surface area contributed by atoms with Crippen LogP contribution >= 0.6 is 24.0 Å². The van der Waals surface area contributed by atoms with Crippen LogP contribution in [0.1, 0.15) is 12.8 Å².